The molecule has 0 saturated heterocycles. The molecule has 6 nitrogen and oxygen atoms in total. The molecule has 3 N–H and O–H groups in total. The number of benzene rings is 1. The van der Waals surface area contributed by atoms with Crippen LogP contribution in [0, 0.1) is 11.3 Å². The third kappa shape index (κ3) is 2.08. The van der Waals surface area contributed by atoms with Crippen LogP contribution in [0.25, 0.3) is 0 Å². The Kier molecular flexibility index (Phi) is 2.75. The number of aromatic nitrogens is 2. The van der Waals surface area contributed by atoms with Crippen molar-refractivity contribution in [3.05, 3.63) is 36.0 Å². The Balaban J connectivity index is 2.39. The third-order valence-electron chi connectivity index (χ3n) is 2.06. The van der Waals surface area contributed by atoms with Gasteiger partial charge in [0.05, 0.1) is 6.20 Å². The number of rotatable bonds is 2. The predicted molar refractivity (Wildman–Crippen MR) is 59.3 cm³/mol. The fourth-order valence-corrected chi connectivity index (χ4v) is 1.20. The third-order valence-corrected chi connectivity index (χ3v) is 2.06. The summed E-state index contributed by atoms with van der Waals surface area (Å²) in [6.07, 6.45) is 1.39. The summed E-state index contributed by atoms with van der Waals surface area (Å²) in [7, 11) is 0. The molecule has 84 valence electrons. The van der Waals surface area contributed by atoms with Crippen molar-refractivity contribution in [3.63, 3.8) is 0 Å². The van der Waals surface area contributed by atoms with E-state index in [1.165, 1.54) is 18.3 Å². The highest BCUT2D eigenvalue weighted by Crippen LogP contribution is 2.33. The van der Waals surface area contributed by atoms with E-state index in [9.17, 15) is 5.11 Å². The second-order valence-electron chi connectivity index (χ2n) is 3.15. The number of para-hydroxylation sites is 1. The van der Waals surface area contributed by atoms with E-state index in [-0.39, 0.29) is 28.6 Å². The van der Waals surface area contributed by atoms with Crippen molar-refractivity contribution in [2.24, 2.45) is 0 Å². The number of hydrogen-bond acceptors (Lipinski definition) is 6. The molecule has 0 atom stereocenters. The molecule has 1 heterocycles. The Morgan fingerprint density at radius 2 is 2.18 bits per heavy atom. The zero-order valence-electron chi connectivity index (χ0n) is 8.66. The summed E-state index contributed by atoms with van der Waals surface area (Å²) in [6.45, 7) is 0. The van der Waals surface area contributed by atoms with Crippen molar-refractivity contribution in [1.29, 1.82) is 5.26 Å². The van der Waals surface area contributed by atoms with Gasteiger partial charge in [0.1, 0.15) is 23.1 Å². The highest BCUT2D eigenvalue weighted by atomic mass is 16.5. The van der Waals surface area contributed by atoms with Gasteiger partial charge in [0, 0.05) is 0 Å². The highest BCUT2D eigenvalue weighted by Gasteiger charge is 2.10. The molecule has 0 aliphatic carbocycles. The number of anilines is 1. The normalized spacial score (nSPS) is 9.59. The van der Waals surface area contributed by atoms with Crippen LogP contribution in [0.1, 0.15) is 5.56 Å². The standard InChI is InChI=1S/C11H8N4O2/c12-6-7-4-5-14-15-11(7)17-9-3-1-2-8(16)10(9)13/h1-5,16H,13H2. The van der Waals surface area contributed by atoms with Gasteiger partial charge in [-0.3, -0.25) is 0 Å². The Labute approximate surface area is 96.9 Å². The lowest BCUT2D eigenvalue weighted by molar-refractivity contribution is 0.443. The molecule has 0 saturated carbocycles. The van der Waals surface area contributed by atoms with Crippen molar-refractivity contribution in [1.82, 2.24) is 10.2 Å². The van der Waals surface area contributed by atoms with Crippen LogP contribution < -0.4 is 10.5 Å². The largest absolute Gasteiger partial charge is 0.506 e. The molecule has 1 aromatic heterocycles. The fraction of sp³-hybridized carbons (Fsp3) is 0. The van der Waals surface area contributed by atoms with Gasteiger partial charge in [0.15, 0.2) is 5.75 Å². The van der Waals surface area contributed by atoms with Crippen molar-refractivity contribution >= 4 is 5.69 Å². The van der Waals surface area contributed by atoms with Gasteiger partial charge in [0.2, 0.25) is 0 Å². The summed E-state index contributed by atoms with van der Waals surface area (Å²) in [4.78, 5) is 0. The number of nitrogens with zero attached hydrogens (tertiary/aromatic N) is 3. The minimum atomic E-state index is -0.0927. The summed E-state index contributed by atoms with van der Waals surface area (Å²) in [5.41, 5.74) is 5.94. The average molecular weight is 228 g/mol. The first-order chi connectivity index (χ1) is 8.22. The summed E-state index contributed by atoms with van der Waals surface area (Å²) in [6, 6.07) is 7.96. The number of phenols is 1. The van der Waals surface area contributed by atoms with E-state index in [4.69, 9.17) is 15.7 Å². The molecule has 2 aromatic rings. The Bertz CT molecular complexity index is 592. The zero-order chi connectivity index (χ0) is 12.3. The van der Waals surface area contributed by atoms with Gasteiger partial charge < -0.3 is 15.6 Å². The molecular formula is C11H8N4O2. The first kappa shape index (κ1) is 10.7. The number of nitrogens with two attached hydrogens (primary N) is 1. The number of phenolic OH excluding ortho intramolecular Hbond substituents is 1. The number of ether oxygens (including phenoxy) is 1. The molecule has 0 spiro atoms. The maximum Gasteiger partial charge on any atom is 0.257 e. The molecule has 0 radical (unpaired) electrons. The van der Waals surface area contributed by atoms with Crippen molar-refractivity contribution in [2.45, 2.75) is 0 Å². The van der Waals surface area contributed by atoms with E-state index < -0.39 is 0 Å². The van der Waals surface area contributed by atoms with Gasteiger partial charge in [-0.1, -0.05) is 6.07 Å². The van der Waals surface area contributed by atoms with Crippen LogP contribution in [0.2, 0.25) is 0 Å². The molecule has 17 heavy (non-hydrogen) atoms. The van der Waals surface area contributed by atoms with Gasteiger partial charge >= 0.3 is 0 Å². The van der Waals surface area contributed by atoms with Gasteiger partial charge in [-0.05, 0) is 18.2 Å². The molecule has 2 rings (SSSR count). The van der Waals surface area contributed by atoms with E-state index >= 15 is 0 Å². The lowest BCUT2D eigenvalue weighted by Crippen LogP contribution is -1.97. The number of hydrogen-bond donors (Lipinski definition) is 2. The summed E-state index contributed by atoms with van der Waals surface area (Å²) in [5.74, 6) is 0.180. The minimum absolute atomic E-state index is 0.0484. The molecule has 0 bridgehead atoms. The first-order valence-corrected chi connectivity index (χ1v) is 4.69. The topological polar surface area (TPSA) is 105 Å². The first-order valence-electron chi connectivity index (χ1n) is 4.69. The lowest BCUT2D eigenvalue weighted by Gasteiger charge is -2.08. The van der Waals surface area contributed by atoms with E-state index in [0.717, 1.165) is 0 Å². The summed E-state index contributed by atoms with van der Waals surface area (Å²) >= 11 is 0. The van der Waals surface area contributed by atoms with Crippen molar-refractivity contribution in [3.8, 4) is 23.4 Å². The van der Waals surface area contributed by atoms with Crippen LogP contribution in [0.15, 0.2) is 30.5 Å². The number of nitrogen functional groups attached to an aromatic ring is 1. The number of aromatic hydroxyl groups is 1. The van der Waals surface area contributed by atoms with Crippen LogP contribution >= 0.6 is 0 Å². The van der Waals surface area contributed by atoms with Crippen LogP contribution in [-0.4, -0.2) is 15.3 Å². The van der Waals surface area contributed by atoms with E-state index in [1.807, 2.05) is 6.07 Å². The molecule has 0 amide bonds. The smallest absolute Gasteiger partial charge is 0.257 e. The summed E-state index contributed by atoms with van der Waals surface area (Å²) in [5, 5.41) is 25.5. The van der Waals surface area contributed by atoms with Gasteiger partial charge in [-0.15, -0.1) is 5.10 Å². The van der Waals surface area contributed by atoms with Crippen LogP contribution in [-0.2, 0) is 0 Å². The molecule has 0 unspecified atom stereocenters. The predicted octanol–water partition coefficient (Wildman–Crippen LogP) is 1.43. The monoisotopic (exact) mass is 228 g/mol. The molecule has 1 aromatic carbocycles. The minimum Gasteiger partial charge on any atom is -0.506 e. The Hall–Kier alpha value is -2.81. The molecule has 6 heteroatoms. The zero-order valence-corrected chi connectivity index (χ0v) is 8.66. The van der Waals surface area contributed by atoms with Crippen LogP contribution in [0.3, 0.4) is 0 Å². The fourth-order valence-electron chi connectivity index (χ4n) is 1.20. The SMILES string of the molecule is N#Cc1ccnnc1Oc1cccc(O)c1N. The second-order valence-corrected chi connectivity index (χ2v) is 3.15. The van der Waals surface area contributed by atoms with Gasteiger partial charge in [-0.2, -0.15) is 10.4 Å². The quantitative estimate of drug-likeness (QED) is 0.595. The molecule has 0 aliphatic heterocycles. The van der Waals surface area contributed by atoms with Gasteiger partial charge in [-0.25, -0.2) is 0 Å². The molecule has 0 fully saturated rings. The average Bonchev–Trinajstić information content (AvgIpc) is 2.35. The maximum atomic E-state index is 9.40. The highest BCUT2D eigenvalue weighted by molar-refractivity contribution is 5.62. The van der Waals surface area contributed by atoms with Crippen molar-refractivity contribution in [2.75, 3.05) is 5.73 Å². The van der Waals surface area contributed by atoms with E-state index in [1.54, 1.807) is 12.1 Å². The van der Waals surface area contributed by atoms with E-state index in [2.05, 4.69) is 10.2 Å². The van der Waals surface area contributed by atoms with Crippen LogP contribution in [0.5, 0.6) is 17.4 Å². The van der Waals surface area contributed by atoms with Gasteiger partial charge in [0.25, 0.3) is 5.88 Å². The molecular weight excluding hydrogens is 220 g/mol. The lowest BCUT2D eigenvalue weighted by atomic mass is 10.2. The van der Waals surface area contributed by atoms with Crippen LogP contribution in [0.4, 0.5) is 5.69 Å². The molecule has 0 aliphatic rings. The second kappa shape index (κ2) is 4.37. The Morgan fingerprint density at radius 3 is 2.94 bits per heavy atom. The Morgan fingerprint density at radius 1 is 1.35 bits per heavy atom. The number of nitriles is 1. The van der Waals surface area contributed by atoms with Crippen molar-refractivity contribution < 1.29 is 9.84 Å². The van der Waals surface area contributed by atoms with E-state index in [0.29, 0.717) is 0 Å². The summed E-state index contributed by atoms with van der Waals surface area (Å²) < 4.78 is 5.33. The maximum absolute atomic E-state index is 9.40.